The van der Waals surface area contributed by atoms with E-state index in [2.05, 4.69) is 20.1 Å². The molecule has 0 saturated carbocycles. The predicted molar refractivity (Wildman–Crippen MR) is 87.6 cm³/mol. The van der Waals surface area contributed by atoms with Crippen LogP contribution in [0.25, 0.3) is 22.3 Å². The number of nitrogens with one attached hydrogen (secondary N) is 1. The molecule has 2 unspecified atom stereocenters. The average Bonchev–Trinajstić information content (AvgIpc) is 3.20. The van der Waals surface area contributed by atoms with E-state index >= 15 is 0 Å². The Morgan fingerprint density at radius 2 is 2.29 bits per heavy atom. The highest BCUT2D eigenvalue weighted by atomic mass is 16.7. The van der Waals surface area contributed by atoms with Gasteiger partial charge in [0, 0.05) is 29.8 Å². The number of hydrogen-bond acceptors (Lipinski definition) is 5. The molecule has 3 rings (SSSR count). The van der Waals surface area contributed by atoms with Crippen LogP contribution in [-0.2, 0) is 4.74 Å². The van der Waals surface area contributed by atoms with Crippen molar-refractivity contribution in [2.45, 2.75) is 38.8 Å². The van der Waals surface area contributed by atoms with Crippen molar-refractivity contribution in [3.8, 4) is 11.3 Å². The normalized spacial score (nSPS) is 13.8. The largest absolute Gasteiger partial charge is 0.506 e. The second kappa shape index (κ2) is 6.69. The third kappa shape index (κ3) is 3.22. The first-order valence-corrected chi connectivity index (χ1v) is 7.80. The minimum absolute atomic E-state index is 0.0525. The van der Waals surface area contributed by atoms with E-state index in [9.17, 15) is 4.79 Å². The summed E-state index contributed by atoms with van der Waals surface area (Å²) in [7, 11) is 0. The molecule has 0 amide bonds. The highest BCUT2D eigenvalue weighted by molar-refractivity contribution is 5.89. The smallest absolute Gasteiger partial charge is 0.450 e. The summed E-state index contributed by atoms with van der Waals surface area (Å²) in [6.45, 7) is 3.78. The van der Waals surface area contributed by atoms with Crippen LogP contribution in [0.5, 0.6) is 0 Å². The second-order valence-corrected chi connectivity index (χ2v) is 5.66. The molecule has 0 fully saturated rings. The highest BCUT2D eigenvalue weighted by Crippen LogP contribution is 2.26. The summed E-state index contributed by atoms with van der Waals surface area (Å²) >= 11 is 0. The fourth-order valence-electron chi connectivity index (χ4n) is 2.83. The zero-order valence-corrected chi connectivity index (χ0v) is 13.5. The van der Waals surface area contributed by atoms with Gasteiger partial charge in [0.1, 0.15) is 18.1 Å². The lowest BCUT2D eigenvalue weighted by atomic mass is 10.1. The first-order valence-electron chi connectivity index (χ1n) is 7.80. The molecule has 0 aliphatic rings. The number of nitrogens with zero attached hydrogens (tertiary/aromatic N) is 4. The maximum atomic E-state index is 10.6. The third-order valence-corrected chi connectivity index (χ3v) is 3.98. The van der Waals surface area contributed by atoms with Crippen LogP contribution >= 0.6 is 0 Å². The van der Waals surface area contributed by atoms with Gasteiger partial charge < -0.3 is 14.8 Å². The Balaban J connectivity index is 1.83. The minimum Gasteiger partial charge on any atom is -0.450 e. The number of H-pyrrole nitrogens is 1. The van der Waals surface area contributed by atoms with Gasteiger partial charge in [-0.15, -0.1) is 0 Å². The van der Waals surface area contributed by atoms with E-state index in [1.807, 2.05) is 30.1 Å². The summed E-state index contributed by atoms with van der Waals surface area (Å²) in [6.07, 6.45) is 6.77. The van der Waals surface area contributed by atoms with Crippen molar-refractivity contribution in [2.24, 2.45) is 0 Å². The molecule has 8 nitrogen and oxygen atoms in total. The van der Waals surface area contributed by atoms with Crippen molar-refractivity contribution < 1.29 is 14.6 Å². The maximum absolute atomic E-state index is 10.6. The van der Waals surface area contributed by atoms with Gasteiger partial charge >= 0.3 is 6.16 Å². The summed E-state index contributed by atoms with van der Waals surface area (Å²) in [6, 6.07) is 1.99. The quantitative estimate of drug-likeness (QED) is 0.672. The van der Waals surface area contributed by atoms with E-state index < -0.39 is 12.3 Å². The predicted octanol–water partition coefficient (Wildman–Crippen LogP) is 3.25. The van der Waals surface area contributed by atoms with Gasteiger partial charge in [-0.1, -0.05) is 6.92 Å². The standard InChI is InChI=1S/C16H19N5O3/c1-3-12(6-10(2)24-16(22)23)21-8-11(7-20-21)14-13-4-5-17-15(13)19-9-18-14/h4-5,7-10,12H,3,6H2,1-2H3,(H,22,23)(H,17,18,19). The van der Waals surface area contributed by atoms with Crippen molar-refractivity contribution >= 4 is 17.2 Å². The molecule has 0 aliphatic heterocycles. The van der Waals surface area contributed by atoms with Gasteiger partial charge in [-0.05, 0) is 19.4 Å². The molecule has 126 valence electrons. The molecule has 0 aliphatic carbocycles. The topological polar surface area (TPSA) is 106 Å². The monoisotopic (exact) mass is 329 g/mol. The molecule has 3 heterocycles. The maximum Gasteiger partial charge on any atom is 0.506 e. The number of aromatic amines is 1. The first-order chi connectivity index (χ1) is 11.6. The molecule has 0 spiro atoms. The summed E-state index contributed by atoms with van der Waals surface area (Å²) in [5.41, 5.74) is 2.49. The van der Waals surface area contributed by atoms with E-state index in [4.69, 9.17) is 9.84 Å². The zero-order valence-electron chi connectivity index (χ0n) is 13.5. The van der Waals surface area contributed by atoms with Crippen LogP contribution in [0.15, 0.2) is 31.0 Å². The summed E-state index contributed by atoms with van der Waals surface area (Å²) in [5, 5.41) is 14.1. The van der Waals surface area contributed by atoms with E-state index in [1.165, 1.54) is 6.33 Å². The zero-order chi connectivity index (χ0) is 17.1. The van der Waals surface area contributed by atoms with E-state index in [-0.39, 0.29) is 6.04 Å². The van der Waals surface area contributed by atoms with Crippen LogP contribution in [0, 0.1) is 0 Å². The lowest BCUT2D eigenvalue weighted by molar-refractivity contribution is 0.0486. The van der Waals surface area contributed by atoms with E-state index in [1.54, 1.807) is 13.1 Å². The molecule has 2 N–H and O–H groups in total. The molecular formula is C16H19N5O3. The van der Waals surface area contributed by atoms with Gasteiger partial charge in [-0.3, -0.25) is 4.68 Å². The number of fused-ring (bicyclic) bond motifs is 1. The summed E-state index contributed by atoms with van der Waals surface area (Å²) < 4.78 is 6.64. The SMILES string of the molecule is CCC(CC(C)OC(=O)O)n1cc(-c2ncnc3[nH]ccc23)cn1. The fraction of sp³-hybridized carbons (Fsp3) is 0.375. The van der Waals surface area contributed by atoms with Crippen molar-refractivity contribution in [3.05, 3.63) is 31.0 Å². The summed E-state index contributed by atoms with van der Waals surface area (Å²) in [5.74, 6) is 0. The van der Waals surface area contributed by atoms with Crippen molar-refractivity contribution in [1.29, 1.82) is 0 Å². The van der Waals surface area contributed by atoms with Crippen LogP contribution in [0.3, 0.4) is 0 Å². The fourth-order valence-corrected chi connectivity index (χ4v) is 2.83. The number of aromatic nitrogens is 5. The van der Waals surface area contributed by atoms with Gasteiger partial charge in [-0.2, -0.15) is 5.10 Å². The van der Waals surface area contributed by atoms with Crippen molar-refractivity contribution in [3.63, 3.8) is 0 Å². The van der Waals surface area contributed by atoms with Crippen LogP contribution in [0.2, 0.25) is 0 Å². The van der Waals surface area contributed by atoms with Crippen LogP contribution < -0.4 is 0 Å². The van der Waals surface area contributed by atoms with Crippen LogP contribution in [0.1, 0.15) is 32.7 Å². The molecule has 0 radical (unpaired) electrons. The van der Waals surface area contributed by atoms with Crippen LogP contribution in [0.4, 0.5) is 4.79 Å². The van der Waals surface area contributed by atoms with Gasteiger partial charge in [0.15, 0.2) is 0 Å². The lowest BCUT2D eigenvalue weighted by Crippen LogP contribution is -2.19. The van der Waals surface area contributed by atoms with Crippen molar-refractivity contribution in [2.75, 3.05) is 0 Å². The number of carboxylic acid groups (broad SMARTS) is 1. The van der Waals surface area contributed by atoms with Gasteiger partial charge in [0.05, 0.1) is 17.9 Å². The lowest BCUT2D eigenvalue weighted by Gasteiger charge is -2.19. The Bertz CT molecular complexity index is 841. The Hall–Kier alpha value is -2.90. The Morgan fingerprint density at radius 1 is 1.46 bits per heavy atom. The minimum atomic E-state index is -1.26. The number of rotatable bonds is 6. The molecule has 3 aromatic rings. The number of ether oxygens (including phenoxy) is 1. The third-order valence-electron chi connectivity index (χ3n) is 3.98. The van der Waals surface area contributed by atoms with Gasteiger partial charge in [-0.25, -0.2) is 14.8 Å². The number of hydrogen-bond donors (Lipinski definition) is 2. The Labute approximate surface area is 138 Å². The van der Waals surface area contributed by atoms with Gasteiger partial charge in [0.25, 0.3) is 0 Å². The molecule has 8 heteroatoms. The van der Waals surface area contributed by atoms with E-state index in [0.29, 0.717) is 6.42 Å². The average molecular weight is 329 g/mol. The molecule has 0 aromatic carbocycles. The molecule has 0 saturated heterocycles. The second-order valence-electron chi connectivity index (χ2n) is 5.66. The molecule has 24 heavy (non-hydrogen) atoms. The van der Waals surface area contributed by atoms with Crippen molar-refractivity contribution in [1.82, 2.24) is 24.7 Å². The molecular weight excluding hydrogens is 310 g/mol. The Kier molecular flexibility index (Phi) is 4.45. The molecule has 2 atom stereocenters. The summed E-state index contributed by atoms with van der Waals surface area (Å²) in [4.78, 5) is 22.3. The van der Waals surface area contributed by atoms with Crippen LogP contribution in [-0.4, -0.2) is 42.1 Å². The highest BCUT2D eigenvalue weighted by Gasteiger charge is 2.18. The first kappa shape index (κ1) is 16.0. The molecule has 3 aromatic heterocycles. The molecule has 0 bridgehead atoms. The Morgan fingerprint density at radius 3 is 3.04 bits per heavy atom. The van der Waals surface area contributed by atoms with E-state index in [0.717, 1.165) is 28.7 Å². The number of carbonyl (C=O) groups is 1. The van der Waals surface area contributed by atoms with Gasteiger partial charge in [0.2, 0.25) is 0 Å².